The second-order valence-corrected chi connectivity index (χ2v) is 5.17. The lowest BCUT2D eigenvalue weighted by molar-refractivity contribution is 0.386. The molecule has 2 aromatic carbocycles. The summed E-state index contributed by atoms with van der Waals surface area (Å²) in [6.07, 6.45) is 1.77. The number of hydrogen-bond donors (Lipinski definition) is 1. The van der Waals surface area contributed by atoms with Gasteiger partial charge in [-0.2, -0.15) is 0 Å². The summed E-state index contributed by atoms with van der Waals surface area (Å²) in [5.74, 6) is 0.679. The summed E-state index contributed by atoms with van der Waals surface area (Å²) in [5, 5.41) is 5.16. The zero-order valence-corrected chi connectivity index (χ0v) is 12.8. The molecule has 112 valence electrons. The Morgan fingerprint density at radius 2 is 1.91 bits per heavy atom. The smallest absolute Gasteiger partial charge is 0.165 e. The van der Waals surface area contributed by atoms with Crippen LogP contribution >= 0.6 is 0 Å². The number of anilines is 1. The van der Waals surface area contributed by atoms with Crippen molar-refractivity contribution < 1.29 is 9.13 Å². The van der Waals surface area contributed by atoms with E-state index in [2.05, 4.69) is 16.4 Å². The molecule has 0 radical (unpaired) electrons. The zero-order valence-electron chi connectivity index (χ0n) is 12.8. The second kappa shape index (κ2) is 5.64. The van der Waals surface area contributed by atoms with Gasteiger partial charge in [0.05, 0.1) is 7.11 Å². The highest BCUT2D eigenvalue weighted by Gasteiger charge is 2.11. The summed E-state index contributed by atoms with van der Waals surface area (Å²) in [5.41, 5.74) is 2.83. The molecule has 4 heteroatoms. The highest BCUT2D eigenvalue weighted by atomic mass is 19.1. The van der Waals surface area contributed by atoms with Crippen molar-refractivity contribution in [2.45, 2.75) is 6.92 Å². The molecule has 0 spiro atoms. The van der Waals surface area contributed by atoms with Gasteiger partial charge < -0.3 is 10.1 Å². The maximum atomic E-state index is 14.0. The number of methoxy groups -OCH3 is 1. The number of hydrogen-bond acceptors (Lipinski definition) is 3. The van der Waals surface area contributed by atoms with E-state index in [-0.39, 0.29) is 11.6 Å². The molecule has 1 aromatic heterocycles. The maximum Gasteiger partial charge on any atom is 0.165 e. The lowest BCUT2D eigenvalue weighted by atomic mass is 9.99. The summed E-state index contributed by atoms with van der Waals surface area (Å²) in [6, 6.07) is 11.1. The van der Waals surface area contributed by atoms with Crippen molar-refractivity contribution in [1.82, 2.24) is 4.98 Å². The topological polar surface area (TPSA) is 34.2 Å². The van der Waals surface area contributed by atoms with Crippen LogP contribution in [-0.2, 0) is 0 Å². The quantitative estimate of drug-likeness (QED) is 0.778. The number of aromatic nitrogens is 1. The van der Waals surface area contributed by atoms with Crippen molar-refractivity contribution in [2.24, 2.45) is 0 Å². The molecule has 0 atom stereocenters. The first-order chi connectivity index (χ1) is 10.6. The lowest BCUT2D eigenvalue weighted by Crippen LogP contribution is -1.96. The van der Waals surface area contributed by atoms with Gasteiger partial charge in [-0.3, -0.25) is 0 Å². The second-order valence-electron chi connectivity index (χ2n) is 5.17. The average Bonchev–Trinajstić information content (AvgIpc) is 2.53. The van der Waals surface area contributed by atoms with Crippen LogP contribution in [-0.4, -0.2) is 19.1 Å². The highest BCUT2D eigenvalue weighted by Crippen LogP contribution is 2.33. The molecule has 0 amide bonds. The zero-order chi connectivity index (χ0) is 15.7. The van der Waals surface area contributed by atoms with Crippen molar-refractivity contribution >= 4 is 16.6 Å². The Kier molecular flexibility index (Phi) is 3.67. The van der Waals surface area contributed by atoms with Gasteiger partial charge in [0.15, 0.2) is 11.6 Å². The van der Waals surface area contributed by atoms with Gasteiger partial charge in [0, 0.05) is 24.2 Å². The Morgan fingerprint density at radius 3 is 2.59 bits per heavy atom. The number of pyridine rings is 1. The molecule has 1 heterocycles. The third-order valence-corrected chi connectivity index (χ3v) is 3.74. The van der Waals surface area contributed by atoms with E-state index in [0.29, 0.717) is 0 Å². The van der Waals surface area contributed by atoms with E-state index in [1.807, 2.05) is 32.2 Å². The molecular formula is C18H17FN2O. The van der Waals surface area contributed by atoms with Crippen LogP contribution in [0.3, 0.4) is 0 Å². The molecule has 1 N–H and O–H groups in total. The van der Waals surface area contributed by atoms with Crippen molar-refractivity contribution in [2.75, 3.05) is 19.5 Å². The molecule has 0 aliphatic rings. The number of nitrogens with one attached hydrogen (secondary N) is 1. The Labute approximate surface area is 128 Å². The average molecular weight is 296 g/mol. The van der Waals surface area contributed by atoms with E-state index < -0.39 is 0 Å². The molecule has 3 aromatic rings. The predicted octanol–water partition coefficient (Wildman–Crippen LogP) is 4.40. The van der Waals surface area contributed by atoms with Crippen LogP contribution in [0.2, 0.25) is 0 Å². The Morgan fingerprint density at radius 1 is 1.09 bits per heavy atom. The van der Waals surface area contributed by atoms with Gasteiger partial charge in [-0.15, -0.1) is 0 Å². The van der Waals surface area contributed by atoms with Crippen molar-refractivity contribution in [3.8, 4) is 16.9 Å². The van der Waals surface area contributed by atoms with Gasteiger partial charge in [0.25, 0.3) is 0 Å². The first-order valence-electron chi connectivity index (χ1n) is 7.05. The van der Waals surface area contributed by atoms with Crippen LogP contribution < -0.4 is 10.1 Å². The van der Waals surface area contributed by atoms with Crippen LogP contribution in [0.4, 0.5) is 10.2 Å². The Hall–Kier alpha value is -2.62. The molecule has 22 heavy (non-hydrogen) atoms. The Balaban J connectivity index is 2.25. The lowest BCUT2D eigenvalue weighted by Gasteiger charge is -2.12. The number of fused-ring (bicyclic) bond motifs is 1. The van der Waals surface area contributed by atoms with Crippen LogP contribution in [0.25, 0.3) is 21.9 Å². The number of ether oxygens (including phenoxy) is 1. The van der Waals surface area contributed by atoms with Gasteiger partial charge in [0.1, 0.15) is 5.82 Å². The van der Waals surface area contributed by atoms with Crippen LogP contribution in [0, 0.1) is 12.7 Å². The molecular weight excluding hydrogens is 279 g/mol. The number of halogens is 1. The van der Waals surface area contributed by atoms with Gasteiger partial charge in [-0.1, -0.05) is 23.8 Å². The molecule has 0 fully saturated rings. The highest BCUT2D eigenvalue weighted by molar-refractivity contribution is 6.02. The minimum absolute atomic E-state index is 0.240. The summed E-state index contributed by atoms with van der Waals surface area (Å²) in [6.45, 7) is 2.04. The number of benzene rings is 2. The van der Waals surface area contributed by atoms with Crippen molar-refractivity contribution in [1.29, 1.82) is 0 Å². The van der Waals surface area contributed by atoms with Crippen LogP contribution in [0.1, 0.15) is 5.56 Å². The minimum Gasteiger partial charge on any atom is -0.494 e. The fourth-order valence-electron chi connectivity index (χ4n) is 2.62. The molecule has 0 saturated carbocycles. The SMILES string of the molecule is CNc1ncc(-c2ccc(OC)c(F)c2)c2ccc(C)cc12. The largest absolute Gasteiger partial charge is 0.494 e. The number of aryl methyl sites for hydroxylation is 1. The van der Waals surface area contributed by atoms with Gasteiger partial charge >= 0.3 is 0 Å². The third kappa shape index (κ3) is 2.37. The summed E-state index contributed by atoms with van der Waals surface area (Å²) in [7, 11) is 3.30. The van der Waals surface area contributed by atoms with Gasteiger partial charge in [-0.05, 0) is 36.1 Å². The predicted molar refractivity (Wildman–Crippen MR) is 88.0 cm³/mol. The van der Waals surface area contributed by atoms with E-state index in [4.69, 9.17) is 4.74 Å². The molecule has 0 aliphatic heterocycles. The molecule has 0 aliphatic carbocycles. The fourth-order valence-corrected chi connectivity index (χ4v) is 2.62. The normalized spacial score (nSPS) is 10.7. The first kappa shape index (κ1) is 14.3. The van der Waals surface area contributed by atoms with Gasteiger partial charge in [0.2, 0.25) is 0 Å². The first-order valence-corrected chi connectivity index (χ1v) is 7.05. The van der Waals surface area contributed by atoms with E-state index in [1.54, 1.807) is 12.3 Å². The standard InChI is InChI=1S/C18H17FN2O/c1-11-4-6-13-14(8-11)18(20-2)21-10-15(13)12-5-7-17(22-3)16(19)9-12/h4-10H,1-3H3,(H,20,21). The monoisotopic (exact) mass is 296 g/mol. The van der Waals surface area contributed by atoms with E-state index in [0.717, 1.165) is 33.3 Å². The molecule has 3 nitrogen and oxygen atoms in total. The third-order valence-electron chi connectivity index (χ3n) is 3.74. The van der Waals surface area contributed by atoms with Crippen LogP contribution in [0.5, 0.6) is 5.75 Å². The van der Waals surface area contributed by atoms with E-state index in [9.17, 15) is 4.39 Å². The number of nitrogens with zero attached hydrogens (tertiary/aromatic N) is 1. The van der Waals surface area contributed by atoms with Crippen molar-refractivity contribution in [3.05, 3.63) is 54.0 Å². The summed E-state index contributed by atoms with van der Waals surface area (Å²) in [4.78, 5) is 4.45. The summed E-state index contributed by atoms with van der Waals surface area (Å²) < 4.78 is 19.0. The van der Waals surface area contributed by atoms with Gasteiger partial charge in [-0.25, -0.2) is 9.37 Å². The van der Waals surface area contributed by atoms with Crippen molar-refractivity contribution in [3.63, 3.8) is 0 Å². The summed E-state index contributed by atoms with van der Waals surface area (Å²) >= 11 is 0. The fraction of sp³-hybridized carbons (Fsp3) is 0.167. The molecule has 0 saturated heterocycles. The number of rotatable bonds is 3. The molecule has 3 rings (SSSR count). The minimum atomic E-state index is -0.377. The molecule has 0 unspecified atom stereocenters. The maximum absolute atomic E-state index is 14.0. The van der Waals surface area contributed by atoms with E-state index >= 15 is 0 Å². The van der Waals surface area contributed by atoms with Crippen LogP contribution in [0.15, 0.2) is 42.6 Å². The molecule has 0 bridgehead atoms. The van der Waals surface area contributed by atoms with E-state index in [1.165, 1.54) is 13.2 Å². The Bertz CT molecular complexity index is 846.